The minimum atomic E-state index is -0.449. The summed E-state index contributed by atoms with van der Waals surface area (Å²) in [6.45, 7) is 0.288. The van der Waals surface area contributed by atoms with Gasteiger partial charge in [0.2, 0.25) is 0 Å². The second-order valence-electron chi connectivity index (χ2n) is 6.12. The molecule has 1 fully saturated rings. The molecule has 3 aromatic rings. The van der Waals surface area contributed by atoms with E-state index in [0.717, 1.165) is 5.56 Å². The van der Waals surface area contributed by atoms with Crippen LogP contribution in [0.3, 0.4) is 0 Å². The van der Waals surface area contributed by atoms with Crippen molar-refractivity contribution in [1.29, 1.82) is 0 Å². The molecule has 1 saturated heterocycles. The highest BCUT2D eigenvalue weighted by Crippen LogP contribution is 2.35. The van der Waals surface area contributed by atoms with Crippen LogP contribution < -0.4 is 9.47 Å². The molecule has 152 valence electrons. The number of thiophene rings is 1. The SMILES string of the molecule is COc1cc(/C=C2\SC(=S)N(Cc3ccco3)C2=O)ccc1OC(=O)c1cccs1. The molecule has 6 nitrogen and oxygen atoms in total. The Morgan fingerprint density at radius 2 is 2.10 bits per heavy atom. The third-order valence-electron chi connectivity index (χ3n) is 4.18. The molecule has 4 rings (SSSR count). The van der Waals surface area contributed by atoms with Gasteiger partial charge in [-0.05, 0) is 47.4 Å². The van der Waals surface area contributed by atoms with Gasteiger partial charge in [-0.1, -0.05) is 36.1 Å². The van der Waals surface area contributed by atoms with Gasteiger partial charge >= 0.3 is 5.97 Å². The molecule has 1 aliphatic rings. The van der Waals surface area contributed by atoms with Crippen molar-refractivity contribution in [3.8, 4) is 11.5 Å². The molecule has 9 heteroatoms. The maximum absolute atomic E-state index is 12.8. The van der Waals surface area contributed by atoms with E-state index in [0.29, 0.717) is 31.4 Å². The van der Waals surface area contributed by atoms with Crippen LogP contribution in [-0.4, -0.2) is 28.2 Å². The van der Waals surface area contributed by atoms with Crippen LogP contribution in [0.4, 0.5) is 0 Å². The highest BCUT2D eigenvalue weighted by atomic mass is 32.2. The zero-order valence-corrected chi connectivity index (χ0v) is 18.1. The lowest BCUT2D eigenvalue weighted by atomic mass is 10.2. The number of carbonyl (C=O) groups is 2. The van der Waals surface area contributed by atoms with E-state index < -0.39 is 5.97 Å². The lowest BCUT2D eigenvalue weighted by Gasteiger charge is -2.12. The summed E-state index contributed by atoms with van der Waals surface area (Å²) in [6.07, 6.45) is 3.29. The smallest absolute Gasteiger partial charge is 0.353 e. The molecule has 2 aromatic heterocycles. The van der Waals surface area contributed by atoms with Crippen LogP contribution in [0.1, 0.15) is 21.0 Å². The van der Waals surface area contributed by atoms with Gasteiger partial charge in [0.25, 0.3) is 5.91 Å². The number of nitrogens with zero attached hydrogens (tertiary/aromatic N) is 1. The van der Waals surface area contributed by atoms with Crippen LogP contribution in [0, 0.1) is 0 Å². The highest BCUT2D eigenvalue weighted by Gasteiger charge is 2.32. The number of amides is 1. The van der Waals surface area contributed by atoms with Crippen molar-refractivity contribution in [2.45, 2.75) is 6.54 Å². The Hall–Kier alpha value is -2.88. The van der Waals surface area contributed by atoms with E-state index in [1.54, 1.807) is 60.2 Å². The van der Waals surface area contributed by atoms with Gasteiger partial charge < -0.3 is 13.9 Å². The predicted octanol–water partition coefficient (Wildman–Crippen LogP) is 4.97. The molecule has 1 amide bonds. The standard InChI is InChI=1S/C21H15NO5S3/c1-25-16-10-13(6-7-15(16)27-20(24)17-5-3-9-29-17)11-18-19(23)22(21(28)30-18)12-14-4-2-8-26-14/h2-11H,12H2,1H3/b18-11-. The lowest BCUT2D eigenvalue weighted by molar-refractivity contribution is -0.122. The minimum absolute atomic E-state index is 0.187. The van der Waals surface area contributed by atoms with E-state index in [9.17, 15) is 9.59 Å². The first-order valence-electron chi connectivity index (χ1n) is 8.76. The van der Waals surface area contributed by atoms with Crippen molar-refractivity contribution in [1.82, 2.24) is 4.90 Å². The van der Waals surface area contributed by atoms with E-state index >= 15 is 0 Å². The van der Waals surface area contributed by atoms with Gasteiger partial charge in [-0.25, -0.2) is 4.79 Å². The number of hydrogen-bond donors (Lipinski definition) is 0. The zero-order valence-electron chi connectivity index (χ0n) is 15.7. The molecule has 0 unspecified atom stereocenters. The number of rotatable bonds is 6. The molecule has 3 heterocycles. The fourth-order valence-corrected chi connectivity index (χ4v) is 4.60. The summed E-state index contributed by atoms with van der Waals surface area (Å²) in [6, 6.07) is 12.1. The monoisotopic (exact) mass is 457 g/mol. The summed E-state index contributed by atoms with van der Waals surface area (Å²) in [7, 11) is 1.49. The summed E-state index contributed by atoms with van der Waals surface area (Å²) in [5.41, 5.74) is 0.723. The van der Waals surface area contributed by atoms with Gasteiger partial charge in [-0.2, -0.15) is 0 Å². The summed E-state index contributed by atoms with van der Waals surface area (Å²) >= 11 is 7.87. The van der Waals surface area contributed by atoms with E-state index in [-0.39, 0.29) is 12.5 Å². The van der Waals surface area contributed by atoms with Crippen molar-refractivity contribution < 1.29 is 23.5 Å². The number of thiocarbonyl (C=S) groups is 1. The van der Waals surface area contributed by atoms with Crippen LogP contribution in [0.15, 0.2) is 63.4 Å². The zero-order chi connectivity index (χ0) is 21.1. The van der Waals surface area contributed by atoms with Crippen molar-refractivity contribution in [2.75, 3.05) is 7.11 Å². The maximum Gasteiger partial charge on any atom is 0.353 e. The molecule has 0 N–H and O–H groups in total. The minimum Gasteiger partial charge on any atom is -0.493 e. The summed E-state index contributed by atoms with van der Waals surface area (Å²) in [5.74, 6) is 0.715. The maximum atomic E-state index is 12.8. The molecule has 1 aromatic carbocycles. The van der Waals surface area contributed by atoms with E-state index in [2.05, 4.69) is 0 Å². The molecular formula is C21H15NO5S3. The average Bonchev–Trinajstić information content (AvgIpc) is 3.49. The molecule has 30 heavy (non-hydrogen) atoms. The van der Waals surface area contributed by atoms with Crippen LogP contribution in [0.5, 0.6) is 11.5 Å². The molecule has 0 saturated carbocycles. The summed E-state index contributed by atoms with van der Waals surface area (Å²) in [4.78, 5) is 27.4. The van der Waals surface area contributed by atoms with Crippen LogP contribution in [-0.2, 0) is 11.3 Å². The topological polar surface area (TPSA) is 69.0 Å². The first-order valence-corrected chi connectivity index (χ1v) is 10.9. The highest BCUT2D eigenvalue weighted by molar-refractivity contribution is 8.26. The third kappa shape index (κ3) is 4.33. The number of methoxy groups -OCH3 is 1. The number of furan rings is 1. The van der Waals surface area contributed by atoms with Crippen LogP contribution >= 0.6 is 35.3 Å². The molecular weight excluding hydrogens is 442 g/mol. The average molecular weight is 458 g/mol. The van der Waals surface area contributed by atoms with Gasteiger partial charge in [0.15, 0.2) is 11.5 Å². The van der Waals surface area contributed by atoms with Gasteiger partial charge in [-0.15, -0.1) is 11.3 Å². The fourth-order valence-electron chi connectivity index (χ4n) is 2.75. The normalized spacial score (nSPS) is 15.1. The fraction of sp³-hybridized carbons (Fsp3) is 0.0952. The largest absolute Gasteiger partial charge is 0.493 e. The molecule has 0 aliphatic carbocycles. The Kier molecular flexibility index (Phi) is 6.03. The van der Waals surface area contributed by atoms with Gasteiger partial charge in [0.05, 0.1) is 24.8 Å². The van der Waals surface area contributed by atoms with E-state index in [1.165, 1.54) is 35.1 Å². The summed E-state index contributed by atoms with van der Waals surface area (Å²) in [5, 5.41) is 1.80. The number of hydrogen-bond acceptors (Lipinski definition) is 8. The van der Waals surface area contributed by atoms with Crippen LogP contribution in [0.2, 0.25) is 0 Å². The van der Waals surface area contributed by atoms with Crippen LogP contribution in [0.25, 0.3) is 6.08 Å². The Bertz CT molecular complexity index is 1120. The Balaban J connectivity index is 1.52. The second-order valence-corrected chi connectivity index (χ2v) is 8.75. The molecule has 0 radical (unpaired) electrons. The van der Waals surface area contributed by atoms with Gasteiger partial charge in [0, 0.05) is 0 Å². The molecule has 0 bridgehead atoms. The molecule has 0 spiro atoms. The van der Waals surface area contributed by atoms with E-state index in [1.807, 2.05) is 0 Å². The van der Waals surface area contributed by atoms with Crippen molar-refractivity contribution in [3.63, 3.8) is 0 Å². The first-order chi connectivity index (χ1) is 14.5. The number of ether oxygens (including phenoxy) is 2. The number of thioether (sulfide) groups is 1. The quantitative estimate of drug-likeness (QED) is 0.224. The first kappa shape index (κ1) is 20.4. The van der Waals surface area contributed by atoms with Gasteiger partial charge in [0.1, 0.15) is 15.0 Å². The number of carbonyl (C=O) groups excluding carboxylic acids is 2. The molecule has 0 atom stereocenters. The Morgan fingerprint density at radius 1 is 1.23 bits per heavy atom. The third-order valence-corrected chi connectivity index (χ3v) is 6.41. The Labute approximate surface area is 186 Å². The molecule has 1 aliphatic heterocycles. The van der Waals surface area contributed by atoms with Crippen molar-refractivity contribution in [2.24, 2.45) is 0 Å². The van der Waals surface area contributed by atoms with E-state index in [4.69, 9.17) is 26.1 Å². The van der Waals surface area contributed by atoms with Crippen molar-refractivity contribution >= 4 is 57.6 Å². The van der Waals surface area contributed by atoms with Gasteiger partial charge in [-0.3, -0.25) is 9.69 Å². The number of esters is 1. The summed E-state index contributed by atoms with van der Waals surface area (Å²) < 4.78 is 16.6. The lowest BCUT2D eigenvalue weighted by Crippen LogP contribution is -2.27. The Morgan fingerprint density at radius 3 is 2.80 bits per heavy atom. The van der Waals surface area contributed by atoms with Crippen molar-refractivity contribution in [3.05, 3.63) is 75.2 Å². The predicted molar refractivity (Wildman–Crippen MR) is 120 cm³/mol. The number of benzene rings is 1. The second kappa shape index (κ2) is 8.86.